The van der Waals surface area contributed by atoms with E-state index in [9.17, 15) is 9.18 Å². The molecular formula is C19H25FN4O2. The molecule has 0 radical (unpaired) electrons. The van der Waals surface area contributed by atoms with Gasteiger partial charge in [0.15, 0.2) is 0 Å². The summed E-state index contributed by atoms with van der Waals surface area (Å²) in [6, 6.07) is 4.84. The Hall–Kier alpha value is -2.38. The Bertz CT molecular complexity index is 697. The van der Waals surface area contributed by atoms with Gasteiger partial charge in [-0.1, -0.05) is 18.6 Å². The number of unbranched alkanes of at least 4 members (excludes halogenated alkanes) is 1. The summed E-state index contributed by atoms with van der Waals surface area (Å²) in [6.07, 6.45) is 7.88. The summed E-state index contributed by atoms with van der Waals surface area (Å²) >= 11 is 0. The van der Waals surface area contributed by atoms with Gasteiger partial charge in [0.25, 0.3) is 0 Å². The first-order valence-electron chi connectivity index (χ1n) is 8.74. The van der Waals surface area contributed by atoms with Crippen LogP contribution in [0.25, 0.3) is 0 Å². The Labute approximate surface area is 152 Å². The van der Waals surface area contributed by atoms with Crippen molar-refractivity contribution in [2.45, 2.75) is 39.2 Å². The number of amides is 1. The zero-order valence-electron chi connectivity index (χ0n) is 14.9. The molecule has 140 valence electrons. The lowest BCUT2D eigenvalue weighted by Gasteiger charge is -2.15. The first-order chi connectivity index (χ1) is 12.6. The maximum atomic E-state index is 13.4. The van der Waals surface area contributed by atoms with E-state index >= 15 is 0 Å². The number of benzene rings is 1. The van der Waals surface area contributed by atoms with Crippen molar-refractivity contribution in [3.8, 4) is 0 Å². The van der Waals surface area contributed by atoms with Gasteiger partial charge in [-0.05, 0) is 49.9 Å². The molecule has 2 rings (SSSR count). The summed E-state index contributed by atoms with van der Waals surface area (Å²) in [6.45, 7) is 3.16. The molecule has 7 heteroatoms. The van der Waals surface area contributed by atoms with Gasteiger partial charge in [-0.3, -0.25) is 20.0 Å². The molecule has 0 bridgehead atoms. The van der Waals surface area contributed by atoms with E-state index in [4.69, 9.17) is 5.21 Å². The van der Waals surface area contributed by atoms with E-state index < -0.39 is 5.91 Å². The Morgan fingerprint density at radius 1 is 1.31 bits per heavy atom. The van der Waals surface area contributed by atoms with Crippen molar-refractivity contribution < 1.29 is 14.4 Å². The predicted molar refractivity (Wildman–Crippen MR) is 95.8 cm³/mol. The molecule has 1 aromatic heterocycles. The molecule has 0 saturated heterocycles. The van der Waals surface area contributed by atoms with Gasteiger partial charge in [0, 0.05) is 31.1 Å². The minimum atomic E-state index is -0.403. The van der Waals surface area contributed by atoms with Crippen LogP contribution in [0.4, 0.5) is 4.39 Å². The molecule has 1 atom stereocenters. The van der Waals surface area contributed by atoms with E-state index in [2.05, 4.69) is 15.3 Å². The van der Waals surface area contributed by atoms with Crippen molar-refractivity contribution in [2.24, 2.45) is 5.92 Å². The van der Waals surface area contributed by atoms with E-state index in [1.54, 1.807) is 43.1 Å². The second-order valence-corrected chi connectivity index (χ2v) is 6.33. The lowest BCUT2D eigenvalue weighted by Crippen LogP contribution is -2.29. The quantitative estimate of drug-likeness (QED) is 0.344. The number of hydrogen-bond acceptors (Lipinski definition) is 5. The molecule has 0 aliphatic carbocycles. The SMILES string of the molecule is Cc1cc(C[C@H](CCCCNCc2cnccn2)C(=O)NO)ccc1F. The lowest BCUT2D eigenvalue weighted by molar-refractivity contribution is -0.133. The van der Waals surface area contributed by atoms with Gasteiger partial charge in [0.05, 0.1) is 5.69 Å². The van der Waals surface area contributed by atoms with Crippen LogP contribution in [0.3, 0.4) is 0 Å². The number of carbonyl (C=O) groups excluding carboxylic acids is 1. The summed E-state index contributed by atoms with van der Waals surface area (Å²) < 4.78 is 13.4. The summed E-state index contributed by atoms with van der Waals surface area (Å²) in [5.41, 5.74) is 4.07. The van der Waals surface area contributed by atoms with Crippen molar-refractivity contribution >= 4 is 5.91 Å². The van der Waals surface area contributed by atoms with E-state index in [1.165, 1.54) is 6.07 Å². The van der Waals surface area contributed by atoms with Gasteiger partial charge < -0.3 is 5.32 Å². The van der Waals surface area contributed by atoms with Crippen LogP contribution in [0, 0.1) is 18.7 Å². The lowest BCUT2D eigenvalue weighted by atomic mass is 9.92. The molecule has 0 aliphatic heterocycles. The zero-order valence-corrected chi connectivity index (χ0v) is 14.9. The fourth-order valence-electron chi connectivity index (χ4n) is 2.81. The highest BCUT2D eigenvalue weighted by molar-refractivity contribution is 5.77. The molecule has 0 aliphatic rings. The van der Waals surface area contributed by atoms with Crippen LogP contribution >= 0.6 is 0 Å². The topological polar surface area (TPSA) is 87.1 Å². The first-order valence-corrected chi connectivity index (χ1v) is 8.74. The number of nitrogens with one attached hydrogen (secondary N) is 2. The number of rotatable bonds is 10. The number of halogens is 1. The van der Waals surface area contributed by atoms with Crippen molar-refractivity contribution in [2.75, 3.05) is 6.54 Å². The Morgan fingerprint density at radius 2 is 2.15 bits per heavy atom. The van der Waals surface area contributed by atoms with Crippen LogP contribution in [0.2, 0.25) is 0 Å². The van der Waals surface area contributed by atoms with Crippen LogP contribution < -0.4 is 10.8 Å². The summed E-state index contributed by atoms with van der Waals surface area (Å²) in [5, 5.41) is 12.3. The molecule has 1 aromatic carbocycles. The van der Waals surface area contributed by atoms with Crippen LogP contribution in [0.1, 0.15) is 36.1 Å². The fourth-order valence-corrected chi connectivity index (χ4v) is 2.81. The van der Waals surface area contributed by atoms with E-state index in [-0.39, 0.29) is 11.7 Å². The number of aryl methyl sites for hydroxylation is 1. The highest BCUT2D eigenvalue weighted by Crippen LogP contribution is 2.18. The Balaban J connectivity index is 1.75. The predicted octanol–water partition coefficient (Wildman–Crippen LogP) is 2.55. The van der Waals surface area contributed by atoms with Crippen LogP contribution in [0.5, 0.6) is 0 Å². The monoisotopic (exact) mass is 360 g/mol. The van der Waals surface area contributed by atoms with Gasteiger partial charge in [-0.2, -0.15) is 0 Å². The maximum absolute atomic E-state index is 13.4. The second kappa shape index (κ2) is 10.6. The highest BCUT2D eigenvalue weighted by atomic mass is 19.1. The Morgan fingerprint density at radius 3 is 2.85 bits per heavy atom. The van der Waals surface area contributed by atoms with E-state index in [0.717, 1.165) is 30.6 Å². The third kappa shape index (κ3) is 6.50. The van der Waals surface area contributed by atoms with Gasteiger partial charge in [0.1, 0.15) is 5.82 Å². The average molecular weight is 360 g/mol. The molecule has 26 heavy (non-hydrogen) atoms. The van der Waals surface area contributed by atoms with Gasteiger partial charge >= 0.3 is 0 Å². The first kappa shape index (κ1) is 19.9. The largest absolute Gasteiger partial charge is 0.311 e. The highest BCUT2D eigenvalue weighted by Gasteiger charge is 2.18. The molecule has 1 amide bonds. The van der Waals surface area contributed by atoms with Gasteiger partial charge in [0.2, 0.25) is 5.91 Å². The normalized spacial score (nSPS) is 12.0. The third-order valence-corrected chi connectivity index (χ3v) is 4.26. The maximum Gasteiger partial charge on any atom is 0.246 e. The second-order valence-electron chi connectivity index (χ2n) is 6.33. The van der Waals surface area contributed by atoms with Crippen molar-refractivity contribution in [1.82, 2.24) is 20.8 Å². The van der Waals surface area contributed by atoms with Gasteiger partial charge in [-0.15, -0.1) is 0 Å². The number of nitrogens with zero attached hydrogens (tertiary/aromatic N) is 2. The standard InChI is InChI=1S/C19H25FN4O2/c1-14-10-15(5-6-18(14)20)11-16(19(25)24-26)4-2-3-7-21-12-17-13-22-8-9-23-17/h5-6,8-10,13,16,21,26H,2-4,7,11-12H2,1H3,(H,24,25)/t16-/m0/s1. The molecule has 3 N–H and O–H groups in total. The molecule has 2 aromatic rings. The summed E-state index contributed by atoms with van der Waals surface area (Å²) in [4.78, 5) is 20.1. The zero-order chi connectivity index (χ0) is 18.8. The van der Waals surface area contributed by atoms with Crippen molar-refractivity contribution in [3.05, 3.63) is 59.4 Å². The number of carbonyl (C=O) groups is 1. The molecule has 0 unspecified atom stereocenters. The number of aromatic nitrogens is 2. The van der Waals surface area contributed by atoms with Crippen molar-refractivity contribution in [3.63, 3.8) is 0 Å². The van der Waals surface area contributed by atoms with Crippen LogP contribution in [0.15, 0.2) is 36.8 Å². The Kier molecular flexibility index (Phi) is 8.11. The smallest absolute Gasteiger partial charge is 0.246 e. The molecule has 0 spiro atoms. The third-order valence-electron chi connectivity index (χ3n) is 4.26. The number of hydrogen-bond donors (Lipinski definition) is 3. The van der Waals surface area contributed by atoms with Crippen molar-refractivity contribution in [1.29, 1.82) is 0 Å². The molecule has 6 nitrogen and oxygen atoms in total. The number of hydroxylamine groups is 1. The average Bonchev–Trinajstić information content (AvgIpc) is 2.66. The minimum absolute atomic E-state index is 0.258. The van der Waals surface area contributed by atoms with E-state index in [0.29, 0.717) is 24.9 Å². The van der Waals surface area contributed by atoms with Crippen LogP contribution in [-0.2, 0) is 17.8 Å². The summed E-state index contributed by atoms with van der Waals surface area (Å²) in [5.74, 6) is -1.00. The summed E-state index contributed by atoms with van der Waals surface area (Å²) in [7, 11) is 0. The van der Waals surface area contributed by atoms with Gasteiger partial charge in [-0.25, -0.2) is 9.87 Å². The molecular weight excluding hydrogens is 335 g/mol. The fraction of sp³-hybridized carbons (Fsp3) is 0.421. The minimum Gasteiger partial charge on any atom is -0.311 e. The van der Waals surface area contributed by atoms with Crippen LogP contribution in [-0.4, -0.2) is 27.6 Å². The molecule has 0 fully saturated rings. The van der Waals surface area contributed by atoms with E-state index in [1.807, 2.05) is 0 Å². The molecule has 1 heterocycles. The molecule has 0 saturated carbocycles.